The van der Waals surface area contributed by atoms with E-state index in [4.69, 9.17) is 4.74 Å². The smallest absolute Gasteiger partial charge is 0.214 e. The number of rotatable bonds is 5. The average molecular weight is 250 g/mol. The fourth-order valence-corrected chi connectivity index (χ4v) is 2.60. The second kappa shape index (κ2) is 6.05. The number of pyridine rings is 1. The van der Waals surface area contributed by atoms with Crippen LogP contribution in [-0.4, -0.2) is 30.4 Å². The lowest BCUT2D eigenvalue weighted by Crippen LogP contribution is -2.35. The predicted molar refractivity (Wildman–Crippen MR) is 71.9 cm³/mol. The molecule has 2 rings (SSSR count). The van der Waals surface area contributed by atoms with Crippen LogP contribution in [-0.2, 0) is 0 Å². The van der Waals surface area contributed by atoms with Gasteiger partial charge in [-0.3, -0.25) is 0 Å². The van der Waals surface area contributed by atoms with Gasteiger partial charge in [0.15, 0.2) is 0 Å². The molecule has 1 saturated carbocycles. The molecule has 1 aromatic heterocycles. The Morgan fingerprint density at radius 3 is 2.78 bits per heavy atom. The van der Waals surface area contributed by atoms with E-state index in [0.717, 1.165) is 25.2 Å². The van der Waals surface area contributed by atoms with Crippen LogP contribution in [0.25, 0.3) is 0 Å². The van der Waals surface area contributed by atoms with Gasteiger partial charge in [0.05, 0.1) is 13.7 Å². The maximum atomic E-state index is 9.64. The molecule has 0 aliphatic heterocycles. The standard InChI is InChI=1S/C14H22N2O2/c1-18-13-7-5-6-12(16-13)15-10-14(11-17)8-3-2-4-9-14/h5-7,17H,2-4,8-11H2,1H3,(H,15,16). The molecule has 0 amide bonds. The van der Waals surface area contributed by atoms with Gasteiger partial charge in [0.2, 0.25) is 5.88 Å². The highest BCUT2D eigenvalue weighted by Gasteiger charge is 2.31. The van der Waals surface area contributed by atoms with Crippen molar-refractivity contribution < 1.29 is 9.84 Å². The van der Waals surface area contributed by atoms with Gasteiger partial charge in [0.25, 0.3) is 0 Å². The van der Waals surface area contributed by atoms with Gasteiger partial charge in [0.1, 0.15) is 5.82 Å². The van der Waals surface area contributed by atoms with E-state index < -0.39 is 0 Å². The summed E-state index contributed by atoms with van der Waals surface area (Å²) >= 11 is 0. The number of aliphatic hydroxyl groups excluding tert-OH is 1. The van der Waals surface area contributed by atoms with Gasteiger partial charge in [-0.1, -0.05) is 25.3 Å². The van der Waals surface area contributed by atoms with Gasteiger partial charge in [-0.2, -0.15) is 4.98 Å². The molecule has 0 aromatic carbocycles. The highest BCUT2D eigenvalue weighted by molar-refractivity contribution is 5.37. The molecule has 4 heteroatoms. The Hall–Kier alpha value is -1.29. The Morgan fingerprint density at radius 2 is 2.11 bits per heavy atom. The van der Waals surface area contributed by atoms with Crippen molar-refractivity contribution in [2.75, 3.05) is 25.6 Å². The normalized spacial score (nSPS) is 18.3. The number of nitrogens with zero attached hydrogens (tertiary/aromatic N) is 1. The lowest BCUT2D eigenvalue weighted by molar-refractivity contribution is 0.0943. The number of hydrogen-bond acceptors (Lipinski definition) is 4. The number of methoxy groups -OCH3 is 1. The summed E-state index contributed by atoms with van der Waals surface area (Å²) in [5, 5.41) is 13.0. The van der Waals surface area contributed by atoms with Crippen molar-refractivity contribution in [2.45, 2.75) is 32.1 Å². The number of hydrogen-bond donors (Lipinski definition) is 2. The van der Waals surface area contributed by atoms with E-state index in [1.54, 1.807) is 7.11 Å². The first kappa shape index (κ1) is 13.1. The first-order valence-electron chi connectivity index (χ1n) is 6.64. The Labute approximate surface area is 108 Å². The van der Waals surface area contributed by atoms with Crippen LogP contribution < -0.4 is 10.1 Å². The molecule has 0 unspecified atom stereocenters. The number of aromatic nitrogens is 1. The Bertz CT molecular complexity index is 376. The monoisotopic (exact) mass is 250 g/mol. The number of nitrogens with one attached hydrogen (secondary N) is 1. The molecule has 4 nitrogen and oxygen atoms in total. The minimum absolute atomic E-state index is 0.0308. The summed E-state index contributed by atoms with van der Waals surface area (Å²) < 4.78 is 5.10. The first-order valence-corrected chi connectivity index (χ1v) is 6.64. The molecule has 0 saturated heterocycles. The number of aliphatic hydroxyl groups is 1. The van der Waals surface area contributed by atoms with Crippen molar-refractivity contribution >= 4 is 5.82 Å². The Morgan fingerprint density at radius 1 is 1.33 bits per heavy atom. The highest BCUT2D eigenvalue weighted by Crippen LogP contribution is 2.35. The van der Waals surface area contributed by atoms with E-state index in [2.05, 4.69) is 10.3 Å². The van der Waals surface area contributed by atoms with Gasteiger partial charge in [0, 0.05) is 18.0 Å². The highest BCUT2D eigenvalue weighted by atomic mass is 16.5. The summed E-state index contributed by atoms with van der Waals surface area (Å²) in [5.74, 6) is 1.43. The third-order valence-corrected chi connectivity index (χ3v) is 3.83. The summed E-state index contributed by atoms with van der Waals surface area (Å²) in [6, 6.07) is 5.67. The first-order chi connectivity index (χ1) is 8.78. The largest absolute Gasteiger partial charge is 0.481 e. The zero-order valence-corrected chi connectivity index (χ0v) is 11.0. The zero-order chi connectivity index (χ0) is 12.8. The third kappa shape index (κ3) is 3.13. The molecular weight excluding hydrogens is 228 g/mol. The molecule has 1 aromatic rings. The molecule has 1 aliphatic rings. The summed E-state index contributed by atoms with van der Waals surface area (Å²) in [5.41, 5.74) is 0.0308. The van der Waals surface area contributed by atoms with Gasteiger partial charge >= 0.3 is 0 Å². The molecular formula is C14H22N2O2. The van der Waals surface area contributed by atoms with Gasteiger partial charge in [-0.05, 0) is 18.9 Å². The summed E-state index contributed by atoms with van der Waals surface area (Å²) in [6.07, 6.45) is 5.92. The van der Waals surface area contributed by atoms with Crippen LogP contribution in [0.4, 0.5) is 5.82 Å². The molecule has 0 bridgehead atoms. The SMILES string of the molecule is COc1cccc(NCC2(CO)CCCCC2)n1. The van der Waals surface area contributed by atoms with Gasteiger partial charge < -0.3 is 15.2 Å². The van der Waals surface area contributed by atoms with E-state index in [0.29, 0.717) is 5.88 Å². The minimum atomic E-state index is 0.0308. The van der Waals surface area contributed by atoms with Crippen molar-refractivity contribution in [3.8, 4) is 5.88 Å². The Balaban J connectivity index is 1.96. The van der Waals surface area contributed by atoms with Crippen LogP contribution >= 0.6 is 0 Å². The van der Waals surface area contributed by atoms with Crippen LogP contribution in [0.1, 0.15) is 32.1 Å². The Kier molecular flexibility index (Phi) is 4.42. The van der Waals surface area contributed by atoms with Crippen molar-refractivity contribution in [1.82, 2.24) is 4.98 Å². The molecule has 1 heterocycles. The molecule has 1 fully saturated rings. The van der Waals surface area contributed by atoms with Gasteiger partial charge in [-0.25, -0.2) is 0 Å². The zero-order valence-electron chi connectivity index (χ0n) is 11.0. The maximum absolute atomic E-state index is 9.64. The molecule has 18 heavy (non-hydrogen) atoms. The van der Waals surface area contributed by atoms with Crippen LogP contribution in [0.3, 0.4) is 0 Å². The fourth-order valence-electron chi connectivity index (χ4n) is 2.60. The fraction of sp³-hybridized carbons (Fsp3) is 0.643. The van der Waals surface area contributed by atoms with Crippen molar-refractivity contribution in [3.63, 3.8) is 0 Å². The van der Waals surface area contributed by atoms with E-state index >= 15 is 0 Å². The minimum Gasteiger partial charge on any atom is -0.481 e. The quantitative estimate of drug-likeness (QED) is 0.842. The van der Waals surface area contributed by atoms with E-state index in [-0.39, 0.29) is 12.0 Å². The van der Waals surface area contributed by atoms with E-state index in [9.17, 15) is 5.11 Å². The topological polar surface area (TPSA) is 54.4 Å². The molecule has 0 radical (unpaired) electrons. The number of anilines is 1. The lowest BCUT2D eigenvalue weighted by atomic mass is 9.74. The summed E-state index contributed by atoms with van der Waals surface area (Å²) in [6.45, 7) is 1.04. The van der Waals surface area contributed by atoms with Gasteiger partial charge in [-0.15, -0.1) is 0 Å². The average Bonchev–Trinajstić information content (AvgIpc) is 2.46. The van der Waals surface area contributed by atoms with Crippen LogP contribution in [0.2, 0.25) is 0 Å². The van der Waals surface area contributed by atoms with Crippen LogP contribution in [0.15, 0.2) is 18.2 Å². The lowest BCUT2D eigenvalue weighted by Gasteiger charge is -2.35. The molecule has 1 aliphatic carbocycles. The van der Waals surface area contributed by atoms with Crippen molar-refractivity contribution in [3.05, 3.63) is 18.2 Å². The summed E-state index contributed by atoms with van der Waals surface area (Å²) in [4.78, 5) is 4.33. The second-order valence-corrected chi connectivity index (χ2v) is 5.14. The molecule has 0 spiro atoms. The van der Waals surface area contributed by atoms with E-state index in [1.165, 1.54) is 19.3 Å². The predicted octanol–water partition coefficient (Wildman–Crippen LogP) is 2.44. The van der Waals surface area contributed by atoms with E-state index in [1.807, 2.05) is 18.2 Å². The maximum Gasteiger partial charge on any atom is 0.214 e. The van der Waals surface area contributed by atoms with Crippen molar-refractivity contribution in [2.24, 2.45) is 5.41 Å². The third-order valence-electron chi connectivity index (χ3n) is 3.83. The molecule has 0 atom stereocenters. The second-order valence-electron chi connectivity index (χ2n) is 5.14. The summed E-state index contributed by atoms with van der Waals surface area (Å²) in [7, 11) is 1.61. The van der Waals surface area contributed by atoms with Crippen LogP contribution in [0.5, 0.6) is 5.88 Å². The number of ether oxygens (including phenoxy) is 1. The molecule has 100 valence electrons. The molecule has 2 N–H and O–H groups in total. The van der Waals surface area contributed by atoms with Crippen molar-refractivity contribution in [1.29, 1.82) is 0 Å². The van der Waals surface area contributed by atoms with Crippen LogP contribution in [0, 0.1) is 5.41 Å².